The predicted octanol–water partition coefficient (Wildman–Crippen LogP) is 3.07. The minimum absolute atomic E-state index is 0.0381. The van der Waals surface area contributed by atoms with Crippen molar-refractivity contribution in [2.24, 2.45) is 17.8 Å². The maximum Gasteiger partial charge on any atom is 0.160 e. The summed E-state index contributed by atoms with van der Waals surface area (Å²) in [7, 11) is 1.76. The Morgan fingerprint density at radius 3 is 2.64 bits per heavy atom. The molecule has 1 fully saturated rings. The maximum absolute atomic E-state index is 5.65. The lowest BCUT2D eigenvalue weighted by Gasteiger charge is -2.39. The van der Waals surface area contributed by atoms with Gasteiger partial charge in [0.15, 0.2) is 6.29 Å². The first kappa shape index (κ1) is 12.0. The highest BCUT2D eigenvalue weighted by Crippen LogP contribution is 2.35. The highest BCUT2D eigenvalue weighted by atomic mass is 16.7. The van der Waals surface area contributed by atoms with E-state index in [1.54, 1.807) is 7.11 Å². The summed E-state index contributed by atoms with van der Waals surface area (Å²) in [6, 6.07) is 0. The van der Waals surface area contributed by atoms with Gasteiger partial charge in [0.2, 0.25) is 0 Å². The molecule has 1 heterocycles. The van der Waals surface area contributed by atoms with Crippen LogP contribution in [0.25, 0.3) is 0 Å². The normalized spacial score (nSPS) is 33.6. The molecule has 14 heavy (non-hydrogen) atoms. The topological polar surface area (TPSA) is 18.5 Å². The van der Waals surface area contributed by atoms with Crippen molar-refractivity contribution in [1.82, 2.24) is 0 Å². The third kappa shape index (κ3) is 2.71. The fraction of sp³-hybridized carbons (Fsp3) is 1.00. The van der Waals surface area contributed by atoms with Gasteiger partial charge in [0.1, 0.15) is 0 Å². The van der Waals surface area contributed by atoms with Gasteiger partial charge in [0.25, 0.3) is 0 Å². The Labute approximate surface area is 88.0 Å². The first-order valence-electron chi connectivity index (χ1n) is 5.85. The molecule has 3 unspecified atom stereocenters. The minimum Gasteiger partial charge on any atom is -0.356 e. The van der Waals surface area contributed by atoms with Crippen LogP contribution in [0.2, 0.25) is 0 Å². The molecule has 1 aliphatic rings. The van der Waals surface area contributed by atoms with Gasteiger partial charge in [0.05, 0.1) is 6.61 Å². The molecule has 0 amide bonds. The van der Waals surface area contributed by atoms with Crippen molar-refractivity contribution in [1.29, 1.82) is 0 Å². The highest BCUT2D eigenvalue weighted by molar-refractivity contribution is 4.79. The van der Waals surface area contributed by atoms with E-state index in [9.17, 15) is 0 Å². The van der Waals surface area contributed by atoms with E-state index in [2.05, 4.69) is 20.8 Å². The Bertz CT molecular complexity index is 156. The molecule has 0 saturated carbocycles. The van der Waals surface area contributed by atoms with Gasteiger partial charge < -0.3 is 9.47 Å². The summed E-state index contributed by atoms with van der Waals surface area (Å²) in [5, 5.41) is 0. The smallest absolute Gasteiger partial charge is 0.160 e. The zero-order valence-corrected chi connectivity index (χ0v) is 9.95. The molecule has 2 nitrogen and oxygen atoms in total. The monoisotopic (exact) mass is 200 g/mol. The van der Waals surface area contributed by atoms with Gasteiger partial charge in [-0.05, 0) is 24.7 Å². The van der Waals surface area contributed by atoms with E-state index >= 15 is 0 Å². The van der Waals surface area contributed by atoms with Crippen LogP contribution >= 0.6 is 0 Å². The van der Waals surface area contributed by atoms with Crippen LogP contribution in [0.3, 0.4) is 0 Å². The molecule has 84 valence electrons. The Hall–Kier alpha value is -0.0800. The molecule has 0 bridgehead atoms. The maximum atomic E-state index is 5.65. The SMILES string of the molecule is CCCC1C(OC)OCCC1C(C)C. The second-order valence-electron chi connectivity index (χ2n) is 4.62. The van der Waals surface area contributed by atoms with Crippen LogP contribution in [0.4, 0.5) is 0 Å². The van der Waals surface area contributed by atoms with Crippen molar-refractivity contribution >= 4 is 0 Å². The number of ether oxygens (including phenoxy) is 2. The van der Waals surface area contributed by atoms with Gasteiger partial charge >= 0.3 is 0 Å². The van der Waals surface area contributed by atoms with Crippen LogP contribution in [-0.2, 0) is 9.47 Å². The number of rotatable bonds is 4. The van der Waals surface area contributed by atoms with Gasteiger partial charge in [-0.3, -0.25) is 0 Å². The Balaban J connectivity index is 2.62. The lowest BCUT2D eigenvalue weighted by Crippen LogP contribution is -2.39. The van der Waals surface area contributed by atoms with Gasteiger partial charge in [-0.2, -0.15) is 0 Å². The van der Waals surface area contributed by atoms with E-state index in [0.29, 0.717) is 5.92 Å². The van der Waals surface area contributed by atoms with Gasteiger partial charge in [0, 0.05) is 13.0 Å². The molecule has 0 radical (unpaired) electrons. The molecule has 0 aromatic heterocycles. The first-order chi connectivity index (χ1) is 6.70. The van der Waals surface area contributed by atoms with Crippen LogP contribution in [0.1, 0.15) is 40.0 Å². The Morgan fingerprint density at radius 1 is 1.43 bits per heavy atom. The number of hydrogen-bond donors (Lipinski definition) is 0. The highest BCUT2D eigenvalue weighted by Gasteiger charge is 2.34. The van der Waals surface area contributed by atoms with E-state index in [-0.39, 0.29) is 6.29 Å². The Kier molecular flexibility index (Phi) is 4.90. The molecule has 1 saturated heterocycles. The predicted molar refractivity (Wildman–Crippen MR) is 58.1 cm³/mol. The minimum atomic E-state index is 0.0381. The van der Waals surface area contributed by atoms with Gasteiger partial charge in [-0.25, -0.2) is 0 Å². The molecule has 0 aromatic carbocycles. The summed E-state index contributed by atoms with van der Waals surface area (Å²) in [6.07, 6.45) is 3.68. The largest absolute Gasteiger partial charge is 0.356 e. The fourth-order valence-electron chi connectivity index (χ4n) is 2.61. The van der Waals surface area contributed by atoms with Crippen LogP contribution in [0.5, 0.6) is 0 Å². The quantitative estimate of drug-likeness (QED) is 0.694. The molecular weight excluding hydrogens is 176 g/mol. The second kappa shape index (κ2) is 5.72. The third-order valence-corrected chi connectivity index (χ3v) is 3.34. The zero-order chi connectivity index (χ0) is 10.6. The van der Waals surface area contributed by atoms with E-state index < -0.39 is 0 Å². The van der Waals surface area contributed by atoms with Crippen molar-refractivity contribution in [2.45, 2.75) is 46.3 Å². The summed E-state index contributed by atoms with van der Waals surface area (Å²) in [5.41, 5.74) is 0. The van der Waals surface area contributed by atoms with Crippen molar-refractivity contribution in [2.75, 3.05) is 13.7 Å². The van der Waals surface area contributed by atoms with E-state index in [1.165, 1.54) is 19.3 Å². The second-order valence-corrected chi connectivity index (χ2v) is 4.62. The molecule has 0 N–H and O–H groups in total. The van der Waals surface area contributed by atoms with Gasteiger partial charge in [-0.1, -0.05) is 27.2 Å². The zero-order valence-electron chi connectivity index (χ0n) is 9.95. The Morgan fingerprint density at radius 2 is 2.14 bits per heavy atom. The van der Waals surface area contributed by atoms with Crippen molar-refractivity contribution in [3.05, 3.63) is 0 Å². The van der Waals surface area contributed by atoms with Crippen LogP contribution in [-0.4, -0.2) is 20.0 Å². The lowest BCUT2D eigenvalue weighted by atomic mass is 9.77. The average Bonchev–Trinajstić information content (AvgIpc) is 2.18. The lowest BCUT2D eigenvalue weighted by molar-refractivity contribution is -0.201. The molecule has 0 aromatic rings. The van der Waals surface area contributed by atoms with Crippen molar-refractivity contribution in [3.8, 4) is 0 Å². The van der Waals surface area contributed by atoms with Crippen LogP contribution in [0.15, 0.2) is 0 Å². The molecule has 1 aliphatic heterocycles. The van der Waals surface area contributed by atoms with E-state index in [4.69, 9.17) is 9.47 Å². The molecule has 1 rings (SSSR count). The summed E-state index contributed by atoms with van der Waals surface area (Å²) in [5.74, 6) is 2.11. The molecule has 0 spiro atoms. The summed E-state index contributed by atoms with van der Waals surface area (Å²) in [4.78, 5) is 0. The van der Waals surface area contributed by atoms with Crippen molar-refractivity contribution < 1.29 is 9.47 Å². The third-order valence-electron chi connectivity index (χ3n) is 3.34. The average molecular weight is 200 g/mol. The first-order valence-corrected chi connectivity index (χ1v) is 5.85. The molecule has 2 heteroatoms. The van der Waals surface area contributed by atoms with Crippen LogP contribution in [0, 0.1) is 17.8 Å². The van der Waals surface area contributed by atoms with E-state index in [1.807, 2.05) is 0 Å². The van der Waals surface area contributed by atoms with E-state index in [0.717, 1.165) is 18.4 Å². The molecule has 0 aliphatic carbocycles. The van der Waals surface area contributed by atoms with Crippen molar-refractivity contribution in [3.63, 3.8) is 0 Å². The fourth-order valence-corrected chi connectivity index (χ4v) is 2.61. The number of methoxy groups -OCH3 is 1. The standard InChI is InChI=1S/C12H24O2/c1-5-6-11-10(9(2)3)7-8-14-12(11)13-4/h9-12H,5-8H2,1-4H3. The molecule has 3 atom stereocenters. The summed E-state index contributed by atoms with van der Waals surface area (Å²) >= 11 is 0. The summed E-state index contributed by atoms with van der Waals surface area (Å²) in [6.45, 7) is 7.72. The van der Waals surface area contributed by atoms with Crippen LogP contribution < -0.4 is 0 Å². The van der Waals surface area contributed by atoms with Gasteiger partial charge in [-0.15, -0.1) is 0 Å². The summed E-state index contributed by atoms with van der Waals surface area (Å²) < 4.78 is 11.1. The molecular formula is C12H24O2. The number of hydrogen-bond acceptors (Lipinski definition) is 2.